The molecule has 6 nitrogen and oxygen atoms in total. The zero-order chi connectivity index (χ0) is 14.1. The first-order valence-electron chi connectivity index (χ1n) is 6.01. The Bertz CT molecular complexity index is 778. The predicted molar refractivity (Wildman–Crippen MR) is 75.1 cm³/mol. The van der Waals surface area contributed by atoms with E-state index in [2.05, 4.69) is 10.3 Å². The molecule has 6 heteroatoms. The van der Waals surface area contributed by atoms with Crippen LogP contribution < -0.4 is 5.32 Å². The first kappa shape index (κ1) is 12.2. The minimum Gasteiger partial charge on any atom is -0.423 e. The van der Waals surface area contributed by atoms with Crippen LogP contribution in [0, 0.1) is 17.0 Å². The molecule has 1 N–H and O–H groups in total. The molecule has 1 aromatic heterocycles. The average molecular weight is 269 g/mol. The van der Waals surface area contributed by atoms with Crippen molar-refractivity contribution < 1.29 is 9.34 Å². The van der Waals surface area contributed by atoms with Gasteiger partial charge in [0.2, 0.25) is 0 Å². The molecule has 2 aromatic carbocycles. The third-order valence-electron chi connectivity index (χ3n) is 2.95. The summed E-state index contributed by atoms with van der Waals surface area (Å²) in [6, 6.07) is 12.1. The van der Waals surface area contributed by atoms with Gasteiger partial charge in [-0.05, 0) is 30.7 Å². The van der Waals surface area contributed by atoms with Crippen LogP contribution in [-0.4, -0.2) is 9.91 Å². The summed E-state index contributed by atoms with van der Waals surface area (Å²) in [4.78, 5) is 14.5. The fourth-order valence-electron chi connectivity index (χ4n) is 1.93. The number of anilines is 2. The molecule has 0 amide bonds. The lowest BCUT2D eigenvalue weighted by Gasteiger charge is -2.00. The molecule has 100 valence electrons. The van der Waals surface area contributed by atoms with Crippen LogP contribution in [0.5, 0.6) is 0 Å². The zero-order valence-corrected chi connectivity index (χ0v) is 10.7. The summed E-state index contributed by atoms with van der Waals surface area (Å²) >= 11 is 0. The molecule has 3 aromatic rings. The second-order valence-corrected chi connectivity index (χ2v) is 4.37. The van der Waals surface area contributed by atoms with Crippen molar-refractivity contribution in [1.29, 1.82) is 0 Å². The summed E-state index contributed by atoms with van der Waals surface area (Å²) in [7, 11) is 0. The number of nitro benzene ring substituents is 1. The van der Waals surface area contributed by atoms with Gasteiger partial charge in [0.05, 0.1) is 4.92 Å². The summed E-state index contributed by atoms with van der Waals surface area (Å²) < 4.78 is 5.57. The topological polar surface area (TPSA) is 81.2 Å². The van der Waals surface area contributed by atoms with Crippen molar-refractivity contribution in [2.75, 3.05) is 5.32 Å². The highest BCUT2D eigenvalue weighted by molar-refractivity contribution is 5.78. The number of hydrogen-bond donors (Lipinski definition) is 1. The van der Waals surface area contributed by atoms with E-state index < -0.39 is 4.92 Å². The lowest BCUT2D eigenvalue weighted by atomic mass is 10.2. The standard InChI is InChI=1S/C14H11N3O3/c1-9-3-2-4-12-13(9)16-14(20-12)15-10-5-7-11(8-6-10)17(18)19/h2-8H,1H3,(H,15,16). The summed E-state index contributed by atoms with van der Waals surface area (Å²) in [6.07, 6.45) is 0. The smallest absolute Gasteiger partial charge is 0.300 e. The number of benzene rings is 2. The van der Waals surface area contributed by atoms with Gasteiger partial charge < -0.3 is 9.73 Å². The number of non-ortho nitro benzene ring substituents is 1. The van der Waals surface area contributed by atoms with Crippen LogP contribution in [0.4, 0.5) is 17.4 Å². The number of nitrogens with one attached hydrogen (secondary N) is 1. The SMILES string of the molecule is Cc1cccc2oc(Nc3ccc([N+](=O)[O-])cc3)nc12. The maximum absolute atomic E-state index is 10.6. The lowest BCUT2D eigenvalue weighted by Crippen LogP contribution is -1.91. The van der Waals surface area contributed by atoms with Crippen LogP contribution in [0.3, 0.4) is 0 Å². The molecule has 0 spiro atoms. The van der Waals surface area contributed by atoms with E-state index in [1.165, 1.54) is 12.1 Å². The number of nitrogens with zero attached hydrogens (tertiary/aromatic N) is 2. The maximum atomic E-state index is 10.6. The fraction of sp³-hybridized carbons (Fsp3) is 0.0714. The molecule has 0 aliphatic rings. The second kappa shape index (κ2) is 4.65. The first-order valence-corrected chi connectivity index (χ1v) is 6.01. The Morgan fingerprint density at radius 2 is 1.95 bits per heavy atom. The summed E-state index contributed by atoms with van der Waals surface area (Å²) in [5.74, 6) is 0. The van der Waals surface area contributed by atoms with Crippen LogP contribution in [0.2, 0.25) is 0 Å². The Labute approximate surface area is 114 Å². The van der Waals surface area contributed by atoms with Gasteiger partial charge >= 0.3 is 0 Å². The Kier molecular flexibility index (Phi) is 2.83. The van der Waals surface area contributed by atoms with Gasteiger partial charge in [0.15, 0.2) is 5.58 Å². The van der Waals surface area contributed by atoms with E-state index in [4.69, 9.17) is 4.42 Å². The molecule has 0 aliphatic heterocycles. The third kappa shape index (κ3) is 2.18. The van der Waals surface area contributed by atoms with Crippen LogP contribution in [0.1, 0.15) is 5.56 Å². The average Bonchev–Trinajstić information content (AvgIpc) is 2.83. The van der Waals surface area contributed by atoms with E-state index in [1.807, 2.05) is 25.1 Å². The molecule has 0 saturated heterocycles. The fourth-order valence-corrected chi connectivity index (χ4v) is 1.93. The van der Waals surface area contributed by atoms with Crippen molar-refractivity contribution in [3.63, 3.8) is 0 Å². The molecule has 0 unspecified atom stereocenters. The van der Waals surface area contributed by atoms with Crippen LogP contribution in [0.25, 0.3) is 11.1 Å². The van der Waals surface area contributed by atoms with Crippen LogP contribution >= 0.6 is 0 Å². The summed E-state index contributed by atoms with van der Waals surface area (Å²) in [6.45, 7) is 1.96. The van der Waals surface area contributed by atoms with Gasteiger partial charge in [0.25, 0.3) is 11.7 Å². The number of aryl methyl sites for hydroxylation is 1. The zero-order valence-electron chi connectivity index (χ0n) is 10.7. The number of oxazole rings is 1. The van der Waals surface area contributed by atoms with E-state index in [0.717, 1.165) is 11.1 Å². The monoisotopic (exact) mass is 269 g/mol. The molecule has 20 heavy (non-hydrogen) atoms. The Morgan fingerprint density at radius 3 is 2.60 bits per heavy atom. The number of nitro groups is 1. The predicted octanol–water partition coefficient (Wildman–Crippen LogP) is 3.79. The molecule has 0 saturated carbocycles. The van der Waals surface area contributed by atoms with E-state index in [1.54, 1.807) is 12.1 Å². The number of rotatable bonds is 3. The van der Waals surface area contributed by atoms with Gasteiger partial charge in [-0.25, -0.2) is 0 Å². The van der Waals surface area contributed by atoms with Gasteiger partial charge in [-0.15, -0.1) is 0 Å². The Morgan fingerprint density at radius 1 is 1.20 bits per heavy atom. The minimum atomic E-state index is -0.438. The van der Waals surface area contributed by atoms with Gasteiger partial charge in [-0.1, -0.05) is 12.1 Å². The first-order chi connectivity index (χ1) is 9.63. The highest BCUT2D eigenvalue weighted by Crippen LogP contribution is 2.25. The molecule has 0 radical (unpaired) electrons. The number of fused-ring (bicyclic) bond motifs is 1. The van der Waals surface area contributed by atoms with Crippen molar-refractivity contribution in [2.45, 2.75) is 6.92 Å². The number of hydrogen-bond acceptors (Lipinski definition) is 5. The van der Waals surface area contributed by atoms with Crippen molar-refractivity contribution in [2.24, 2.45) is 0 Å². The van der Waals surface area contributed by atoms with E-state index in [0.29, 0.717) is 17.3 Å². The van der Waals surface area contributed by atoms with Crippen molar-refractivity contribution in [3.05, 3.63) is 58.1 Å². The lowest BCUT2D eigenvalue weighted by molar-refractivity contribution is -0.384. The molecule has 0 atom stereocenters. The van der Waals surface area contributed by atoms with Gasteiger partial charge in [-0.3, -0.25) is 10.1 Å². The van der Waals surface area contributed by atoms with Crippen LogP contribution in [0.15, 0.2) is 46.9 Å². The van der Waals surface area contributed by atoms with Crippen molar-refractivity contribution in [1.82, 2.24) is 4.98 Å². The maximum Gasteiger partial charge on any atom is 0.300 e. The van der Waals surface area contributed by atoms with E-state index in [-0.39, 0.29) is 5.69 Å². The van der Waals surface area contributed by atoms with Crippen LogP contribution in [-0.2, 0) is 0 Å². The van der Waals surface area contributed by atoms with Gasteiger partial charge in [0.1, 0.15) is 5.52 Å². The number of aromatic nitrogens is 1. The molecular formula is C14H11N3O3. The van der Waals surface area contributed by atoms with Gasteiger partial charge in [-0.2, -0.15) is 4.98 Å². The molecule has 1 heterocycles. The molecule has 0 aliphatic carbocycles. The molecule has 0 fully saturated rings. The summed E-state index contributed by atoms with van der Waals surface area (Å²) in [5.41, 5.74) is 3.26. The highest BCUT2D eigenvalue weighted by atomic mass is 16.6. The largest absolute Gasteiger partial charge is 0.423 e. The van der Waals surface area contributed by atoms with Crippen molar-refractivity contribution >= 4 is 28.5 Å². The Hall–Kier alpha value is -2.89. The molecular weight excluding hydrogens is 258 g/mol. The van der Waals surface area contributed by atoms with E-state index >= 15 is 0 Å². The van der Waals surface area contributed by atoms with E-state index in [9.17, 15) is 10.1 Å². The number of para-hydroxylation sites is 1. The minimum absolute atomic E-state index is 0.0453. The Balaban J connectivity index is 1.89. The van der Waals surface area contributed by atoms with Crippen molar-refractivity contribution in [3.8, 4) is 0 Å². The molecule has 0 bridgehead atoms. The second-order valence-electron chi connectivity index (χ2n) is 4.37. The quantitative estimate of drug-likeness (QED) is 0.578. The molecule has 3 rings (SSSR count). The normalized spacial score (nSPS) is 10.7. The third-order valence-corrected chi connectivity index (χ3v) is 2.95. The highest BCUT2D eigenvalue weighted by Gasteiger charge is 2.09. The van der Waals surface area contributed by atoms with Gasteiger partial charge in [0, 0.05) is 17.8 Å². The summed E-state index contributed by atoms with van der Waals surface area (Å²) in [5, 5.41) is 13.6.